The molecule has 1 aromatic carbocycles. The number of nitrogens with zero attached hydrogens (tertiary/aromatic N) is 1. The predicted octanol–water partition coefficient (Wildman–Crippen LogP) is 6.03. The van der Waals surface area contributed by atoms with Crippen LogP contribution in [0.15, 0.2) is 18.2 Å². The Labute approximate surface area is 183 Å². The Morgan fingerprint density at radius 1 is 1.13 bits per heavy atom. The van der Waals surface area contributed by atoms with E-state index in [2.05, 4.69) is 48.5 Å². The van der Waals surface area contributed by atoms with E-state index in [1.54, 1.807) is 13.1 Å². The fourth-order valence-electron chi connectivity index (χ4n) is 2.77. The molecule has 6 heteroatoms. The number of halogens is 1. The van der Waals surface area contributed by atoms with Crippen molar-refractivity contribution < 1.29 is 18.6 Å². The molecule has 1 rings (SSSR count). The van der Waals surface area contributed by atoms with Gasteiger partial charge in [0.15, 0.2) is 0 Å². The van der Waals surface area contributed by atoms with Gasteiger partial charge in [-0.1, -0.05) is 53.2 Å². The van der Waals surface area contributed by atoms with E-state index in [0.29, 0.717) is 11.0 Å². The third-order valence-electron chi connectivity index (χ3n) is 5.88. The van der Waals surface area contributed by atoms with E-state index in [0.717, 1.165) is 6.42 Å². The number of benzene rings is 1. The summed E-state index contributed by atoms with van der Waals surface area (Å²) in [6, 6.07) is 5.16. The predicted molar refractivity (Wildman–Crippen MR) is 124 cm³/mol. The Balaban J connectivity index is 3.10. The Bertz CT molecular complexity index is 722. The average molecular weight is 421 g/mol. The molecule has 1 amide bonds. The quantitative estimate of drug-likeness (QED) is 0.505. The van der Waals surface area contributed by atoms with Crippen LogP contribution in [-0.2, 0) is 15.9 Å². The third kappa shape index (κ3) is 7.30. The van der Waals surface area contributed by atoms with Crippen molar-refractivity contribution >= 4 is 18.5 Å². The average Bonchev–Trinajstić information content (AvgIpc) is 2.57. The van der Waals surface area contributed by atoms with E-state index in [-0.39, 0.29) is 30.5 Å². The summed E-state index contributed by atoms with van der Waals surface area (Å²) in [5, 5.41) is 0. The van der Waals surface area contributed by atoms with Gasteiger partial charge in [0.1, 0.15) is 11.4 Å². The van der Waals surface area contributed by atoms with E-state index in [1.807, 2.05) is 26.8 Å². The van der Waals surface area contributed by atoms with Gasteiger partial charge in [0.2, 0.25) is 0 Å². The van der Waals surface area contributed by atoms with Crippen LogP contribution in [0.2, 0.25) is 5.82 Å². The van der Waals surface area contributed by atoms with Crippen LogP contribution in [0.1, 0.15) is 81.2 Å². The van der Waals surface area contributed by atoms with Crippen molar-refractivity contribution in [2.24, 2.45) is 5.41 Å². The highest BCUT2D eigenvalue weighted by molar-refractivity contribution is 6.68. The zero-order valence-corrected chi connectivity index (χ0v) is 20.9. The molecule has 0 spiro atoms. The first-order chi connectivity index (χ1) is 13.5. The number of rotatable bonds is 7. The highest BCUT2D eigenvalue weighted by atomic mass is 19.1. The largest absolute Gasteiger partial charge is 0.444 e. The lowest BCUT2D eigenvalue weighted by Crippen LogP contribution is -2.50. The summed E-state index contributed by atoms with van der Waals surface area (Å²) in [6.45, 7) is 20.1. The molecule has 170 valence electrons. The maximum Gasteiger partial charge on any atom is 0.410 e. The minimum atomic E-state index is -0.568. The zero-order chi connectivity index (χ0) is 23.5. The molecular weight excluding hydrogens is 380 g/mol. The third-order valence-corrected chi connectivity index (χ3v) is 5.88. The Morgan fingerprint density at radius 3 is 2.13 bits per heavy atom. The number of ether oxygens (including phenoxy) is 1. The van der Waals surface area contributed by atoms with Crippen LogP contribution in [0.5, 0.6) is 0 Å². The lowest BCUT2D eigenvalue weighted by atomic mass is 9.49. The summed E-state index contributed by atoms with van der Waals surface area (Å²) in [6.07, 6.45) is 0.452. The van der Waals surface area contributed by atoms with Crippen LogP contribution in [0.4, 0.5) is 9.18 Å². The van der Waals surface area contributed by atoms with E-state index in [1.165, 1.54) is 11.0 Å². The second-order valence-electron chi connectivity index (χ2n) is 10.9. The first-order valence-corrected chi connectivity index (χ1v) is 10.9. The van der Waals surface area contributed by atoms with Gasteiger partial charge < -0.3 is 14.3 Å². The van der Waals surface area contributed by atoms with Crippen LogP contribution in [0.25, 0.3) is 0 Å². The van der Waals surface area contributed by atoms with Crippen molar-refractivity contribution in [1.82, 2.24) is 4.90 Å². The Hall–Kier alpha value is -1.56. The Morgan fingerprint density at radius 2 is 1.70 bits per heavy atom. The van der Waals surface area contributed by atoms with E-state index >= 15 is 4.39 Å². The summed E-state index contributed by atoms with van der Waals surface area (Å²) in [5.41, 5.74) is 0.183. The molecule has 0 heterocycles. The Kier molecular flexibility index (Phi) is 8.58. The molecule has 1 aromatic rings. The van der Waals surface area contributed by atoms with Crippen LogP contribution < -0.4 is 5.46 Å². The monoisotopic (exact) mass is 421 g/mol. The first-order valence-electron chi connectivity index (χ1n) is 10.9. The van der Waals surface area contributed by atoms with Crippen LogP contribution >= 0.6 is 0 Å². The molecule has 0 radical (unpaired) electrons. The fourth-order valence-corrected chi connectivity index (χ4v) is 2.77. The molecule has 0 saturated heterocycles. The van der Waals surface area contributed by atoms with E-state index in [4.69, 9.17) is 9.39 Å². The van der Waals surface area contributed by atoms with Gasteiger partial charge in [0, 0.05) is 13.6 Å². The minimum Gasteiger partial charge on any atom is -0.444 e. The molecule has 0 fully saturated rings. The molecule has 0 aliphatic rings. The molecule has 0 N–H and O–H groups in total. The molecule has 0 bridgehead atoms. The summed E-state index contributed by atoms with van der Waals surface area (Å²) in [5.74, 6) is -0.142. The molecule has 30 heavy (non-hydrogen) atoms. The maximum atomic E-state index is 15.2. The maximum absolute atomic E-state index is 15.2. The smallest absolute Gasteiger partial charge is 0.410 e. The molecule has 4 nitrogen and oxygen atoms in total. The van der Waals surface area contributed by atoms with Gasteiger partial charge >= 0.3 is 13.0 Å². The summed E-state index contributed by atoms with van der Waals surface area (Å²) in [4.78, 5) is 13.6. The second-order valence-corrected chi connectivity index (χ2v) is 10.9. The SMILES string of the molecule is CCC(C)B(OC(C)(C)C(C)(C)C)c1ccc(CN(C)C(=O)OC(C)(C)C)cc1F. The topological polar surface area (TPSA) is 38.8 Å². The van der Waals surface area contributed by atoms with Crippen molar-refractivity contribution in [2.45, 2.75) is 99.2 Å². The molecule has 0 aromatic heterocycles. The zero-order valence-electron chi connectivity index (χ0n) is 20.9. The van der Waals surface area contributed by atoms with Gasteiger partial charge in [-0.3, -0.25) is 0 Å². The highest BCUT2D eigenvalue weighted by Gasteiger charge is 2.40. The van der Waals surface area contributed by atoms with Crippen LogP contribution in [0.3, 0.4) is 0 Å². The van der Waals surface area contributed by atoms with Gasteiger partial charge in [-0.25, -0.2) is 9.18 Å². The van der Waals surface area contributed by atoms with Crippen molar-refractivity contribution in [3.05, 3.63) is 29.6 Å². The molecule has 0 saturated carbocycles. The van der Waals surface area contributed by atoms with Gasteiger partial charge in [0.25, 0.3) is 0 Å². The number of carbonyl (C=O) groups excluding carboxylic acids is 1. The summed E-state index contributed by atoms with van der Waals surface area (Å²) < 4.78 is 27.1. The molecule has 1 atom stereocenters. The van der Waals surface area contributed by atoms with Gasteiger partial charge in [0.05, 0.1) is 5.60 Å². The van der Waals surface area contributed by atoms with Crippen molar-refractivity contribution in [3.8, 4) is 0 Å². The standard InChI is InChI=1S/C24H41BFNO3/c1-12-17(2)25(30-24(9,10)22(3,4)5)19-14-13-18(15-20(19)26)16-27(11)21(28)29-23(6,7)8/h13-15,17H,12,16H2,1-11H3. The van der Waals surface area contributed by atoms with E-state index in [9.17, 15) is 4.79 Å². The van der Waals surface area contributed by atoms with E-state index < -0.39 is 17.3 Å². The van der Waals surface area contributed by atoms with Crippen molar-refractivity contribution in [3.63, 3.8) is 0 Å². The summed E-state index contributed by atoms with van der Waals surface area (Å²) >= 11 is 0. The lowest BCUT2D eigenvalue weighted by Gasteiger charge is -2.42. The molecule has 0 aliphatic heterocycles. The second kappa shape index (κ2) is 9.72. The summed E-state index contributed by atoms with van der Waals surface area (Å²) in [7, 11) is 1.65. The normalized spacial score (nSPS) is 13.7. The van der Waals surface area contributed by atoms with Gasteiger partial charge in [-0.05, 0) is 62.9 Å². The van der Waals surface area contributed by atoms with Crippen molar-refractivity contribution in [1.29, 1.82) is 0 Å². The van der Waals surface area contributed by atoms with Crippen LogP contribution in [0, 0.1) is 11.2 Å². The lowest BCUT2D eigenvalue weighted by molar-refractivity contribution is -0.00215. The number of hydrogen-bond donors (Lipinski definition) is 0. The number of amides is 1. The minimum absolute atomic E-state index is 0.0920. The van der Waals surface area contributed by atoms with Gasteiger partial charge in [-0.15, -0.1) is 0 Å². The highest BCUT2D eigenvalue weighted by Crippen LogP contribution is 2.35. The molecule has 0 aliphatic carbocycles. The molecule has 1 unspecified atom stereocenters. The first kappa shape index (κ1) is 26.5. The van der Waals surface area contributed by atoms with Gasteiger partial charge in [-0.2, -0.15) is 0 Å². The van der Waals surface area contributed by atoms with Crippen molar-refractivity contribution in [2.75, 3.05) is 7.05 Å². The van der Waals surface area contributed by atoms with Crippen LogP contribution in [-0.4, -0.2) is 36.2 Å². The number of carbonyl (C=O) groups is 1. The molecular formula is C24H41BFNO3. The number of hydrogen-bond acceptors (Lipinski definition) is 3. The fraction of sp³-hybridized carbons (Fsp3) is 0.708.